The van der Waals surface area contributed by atoms with Crippen molar-refractivity contribution in [3.05, 3.63) is 65.7 Å². The quantitative estimate of drug-likeness (QED) is 0.302. The van der Waals surface area contributed by atoms with E-state index in [9.17, 15) is 29.4 Å². The number of rotatable bonds is 10. The highest BCUT2D eigenvalue weighted by atomic mass is 16.6. The van der Waals surface area contributed by atoms with Crippen molar-refractivity contribution in [2.24, 2.45) is 0 Å². The monoisotopic (exact) mass is 553 g/mol. The summed E-state index contributed by atoms with van der Waals surface area (Å²) in [6.07, 6.45) is 2.27. The highest BCUT2D eigenvalue weighted by molar-refractivity contribution is 5.96. The van der Waals surface area contributed by atoms with Crippen LogP contribution in [-0.2, 0) is 32.0 Å². The summed E-state index contributed by atoms with van der Waals surface area (Å²) in [4.78, 5) is 52.0. The maximum atomic E-state index is 13.7. The number of carbonyl (C=O) groups excluding carboxylic acids is 3. The molecule has 3 rings (SSSR count). The molecule has 1 saturated carbocycles. The summed E-state index contributed by atoms with van der Waals surface area (Å²) in [7, 11) is 0. The number of benzene rings is 2. The third kappa shape index (κ3) is 9.00. The molecule has 0 bridgehead atoms. The van der Waals surface area contributed by atoms with Crippen LogP contribution in [0.25, 0.3) is 0 Å². The van der Waals surface area contributed by atoms with Crippen LogP contribution >= 0.6 is 0 Å². The van der Waals surface area contributed by atoms with Gasteiger partial charge in [0.25, 0.3) is 0 Å². The van der Waals surface area contributed by atoms with Gasteiger partial charge in [-0.15, -0.1) is 0 Å². The molecule has 2 atom stereocenters. The van der Waals surface area contributed by atoms with E-state index < -0.39 is 47.1 Å². The summed E-state index contributed by atoms with van der Waals surface area (Å²) < 4.78 is 5.36. The summed E-state index contributed by atoms with van der Waals surface area (Å²) in [5.74, 6) is -2.27. The number of nitrogens with one attached hydrogen (secondary N) is 3. The first-order chi connectivity index (χ1) is 18.9. The lowest BCUT2D eigenvalue weighted by atomic mass is 9.80. The smallest absolute Gasteiger partial charge is 0.408 e. The fourth-order valence-electron chi connectivity index (χ4n) is 4.76. The Morgan fingerprint density at radius 1 is 0.850 bits per heavy atom. The molecule has 1 aliphatic rings. The Bertz CT molecular complexity index is 1170. The van der Waals surface area contributed by atoms with Gasteiger partial charge in [-0.3, -0.25) is 9.59 Å². The molecule has 0 radical (unpaired) electrons. The van der Waals surface area contributed by atoms with Gasteiger partial charge in [-0.05, 0) is 56.9 Å². The molecule has 2 aromatic rings. The predicted octanol–water partition coefficient (Wildman–Crippen LogP) is 3.46. The third-order valence-corrected chi connectivity index (χ3v) is 6.77. The number of carboxylic acids is 1. The Kier molecular flexibility index (Phi) is 10.1. The highest BCUT2D eigenvalue weighted by Crippen LogP contribution is 2.29. The van der Waals surface area contributed by atoms with E-state index in [0.29, 0.717) is 31.2 Å². The molecule has 40 heavy (non-hydrogen) atoms. The van der Waals surface area contributed by atoms with E-state index in [1.54, 1.807) is 57.2 Å². The summed E-state index contributed by atoms with van der Waals surface area (Å²) in [6, 6.07) is 12.9. The molecular formula is C30H39N3O7. The van der Waals surface area contributed by atoms with Gasteiger partial charge >= 0.3 is 12.1 Å². The van der Waals surface area contributed by atoms with Crippen LogP contribution < -0.4 is 16.0 Å². The molecule has 5 N–H and O–H groups in total. The van der Waals surface area contributed by atoms with Crippen LogP contribution in [0.5, 0.6) is 5.75 Å². The second kappa shape index (κ2) is 13.3. The van der Waals surface area contributed by atoms with Crippen molar-refractivity contribution < 1.29 is 34.1 Å². The van der Waals surface area contributed by atoms with Crippen LogP contribution in [0.3, 0.4) is 0 Å². The van der Waals surface area contributed by atoms with E-state index in [0.717, 1.165) is 12.0 Å². The standard InChI is InChI=1S/C30H39N3O7/c1-29(2,3)40-28(39)32-23(18-21-12-14-22(34)15-13-21)25(35)33-30(16-8-5-9-17-30)27(38)31-24(26(36)37)19-20-10-6-4-7-11-20/h4,6-7,10-15,23-24,34H,5,8-9,16-19H2,1-3H3,(H,31,38)(H,32,39)(H,33,35)(H,36,37)/t23-,24-/m0/s1. The molecule has 3 amide bonds. The number of hydrogen-bond acceptors (Lipinski definition) is 6. The minimum Gasteiger partial charge on any atom is -0.508 e. The SMILES string of the molecule is CC(C)(C)OC(=O)N[C@@H](Cc1ccc(O)cc1)C(=O)NC1(C(=O)N[C@@H](Cc2ccccc2)C(=O)O)CCCCC1. The summed E-state index contributed by atoms with van der Waals surface area (Å²) in [5.41, 5.74) is -0.696. The van der Waals surface area contributed by atoms with Gasteiger partial charge in [0, 0.05) is 12.8 Å². The van der Waals surface area contributed by atoms with Gasteiger partial charge in [0.05, 0.1) is 0 Å². The minimum absolute atomic E-state index is 0.0613. The van der Waals surface area contributed by atoms with Crippen LogP contribution in [0, 0.1) is 0 Å². The topological polar surface area (TPSA) is 154 Å². The summed E-state index contributed by atoms with van der Waals surface area (Å²) >= 11 is 0. The van der Waals surface area contributed by atoms with E-state index in [1.807, 2.05) is 6.07 Å². The Hall–Kier alpha value is -4.08. The lowest BCUT2D eigenvalue weighted by Crippen LogP contribution is -2.65. The minimum atomic E-state index is -1.33. The van der Waals surface area contributed by atoms with Crippen molar-refractivity contribution in [1.29, 1.82) is 0 Å². The average Bonchev–Trinajstić information content (AvgIpc) is 2.89. The lowest BCUT2D eigenvalue weighted by molar-refractivity contribution is -0.144. The van der Waals surface area contributed by atoms with Gasteiger partial charge in [0.2, 0.25) is 11.8 Å². The van der Waals surface area contributed by atoms with Gasteiger partial charge in [-0.1, -0.05) is 61.7 Å². The molecule has 10 heteroatoms. The Morgan fingerprint density at radius 3 is 2.00 bits per heavy atom. The normalized spacial score (nSPS) is 16.2. The van der Waals surface area contributed by atoms with Crippen molar-refractivity contribution in [3.8, 4) is 5.75 Å². The van der Waals surface area contributed by atoms with Gasteiger partial charge in [0.1, 0.15) is 29.0 Å². The molecule has 0 aliphatic heterocycles. The van der Waals surface area contributed by atoms with Gasteiger partial charge < -0.3 is 30.9 Å². The van der Waals surface area contributed by atoms with Gasteiger partial charge in [-0.2, -0.15) is 0 Å². The maximum absolute atomic E-state index is 13.7. The highest BCUT2D eigenvalue weighted by Gasteiger charge is 2.43. The number of amides is 3. The van der Waals surface area contributed by atoms with Crippen molar-refractivity contribution in [2.45, 2.75) is 88.9 Å². The molecule has 2 aromatic carbocycles. The largest absolute Gasteiger partial charge is 0.508 e. The van der Waals surface area contributed by atoms with E-state index >= 15 is 0 Å². The van der Waals surface area contributed by atoms with Gasteiger partial charge in [-0.25, -0.2) is 9.59 Å². The first-order valence-corrected chi connectivity index (χ1v) is 13.5. The van der Waals surface area contributed by atoms with Crippen molar-refractivity contribution in [1.82, 2.24) is 16.0 Å². The van der Waals surface area contributed by atoms with E-state index in [2.05, 4.69) is 16.0 Å². The second-order valence-electron chi connectivity index (χ2n) is 11.3. The van der Waals surface area contributed by atoms with Crippen molar-refractivity contribution >= 4 is 23.9 Å². The molecule has 1 fully saturated rings. The molecule has 0 heterocycles. The molecule has 216 valence electrons. The zero-order valence-electron chi connectivity index (χ0n) is 23.2. The molecule has 10 nitrogen and oxygen atoms in total. The van der Waals surface area contributed by atoms with Crippen LogP contribution in [-0.4, -0.2) is 57.3 Å². The predicted molar refractivity (Wildman–Crippen MR) is 149 cm³/mol. The number of carboxylic acid groups (broad SMARTS) is 1. The van der Waals surface area contributed by atoms with Crippen molar-refractivity contribution in [3.63, 3.8) is 0 Å². The van der Waals surface area contributed by atoms with Crippen LogP contribution in [0.4, 0.5) is 4.79 Å². The number of aliphatic carboxylic acids is 1. The number of aromatic hydroxyl groups is 1. The van der Waals surface area contributed by atoms with Crippen molar-refractivity contribution in [2.75, 3.05) is 0 Å². The number of phenolic OH excluding ortho intramolecular Hbond substituents is 1. The number of carbonyl (C=O) groups is 4. The van der Waals surface area contributed by atoms with Crippen LogP contribution in [0.15, 0.2) is 54.6 Å². The Labute approximate surface area is 234 Å². The number of alkyl carbamates (subject to hydrolysis) is 1. The second-order valence-corrected chi connectivity index (χ2v) is 11.3. The molecular weight excluding hydrogens is 514 g/mol. The van der Waals surface area contributed by atoms with Gasteiger partial charge in [0.15, 0.2) is 0 Å². The Balaban J connectivity index is 1.82. The zero-order chi connectivity index (χ0) is 29.3. The molecule has 0 spiro atoms. The molecule has 0 aromatic heterocycles. The van der Waals surface area contributed by atoms with Crippen LogP contribution in [0.1, 0.15) is 64.0 Å². The fourth-order valence-corrected chi connectivity index (χ4v) is 4.76. The van der Waals surface area contributed by atoms with E-state index in [1.165, 1.54) is 12.1 Å². The summed E-state index contributed by atoms with van der Waals surface area (Å²) in [6.45, 7) is 5.12. The first-order valence-electron chi connectivity index (χ1n) is 13.5. The van der Waals surface area contributed by atoms with Crippen LogP contribution in [0.2, 0.25) is 0 Å². The zero-order valence-corrected chi connectivity index (χ0v) is 23.2. The Morgan fingerprint density at radius 2 is 1.43 bits per heavy atom. The maximum Gasteiger partial charge on any atom is 0.408 e. The number of hydrogen-bond donors (Lipinski definition) is 5. The first kappa shape index (κ1) is 30.5. The molecule has 0 saturated heterocycles. The summed E-state index contributed by atoms with van der Waals surface area (Å²) in [5, 5.41) is 27.6. The molecule has 1 aliphatic carbocycles. The number of ether oxygens (including phenoxy) is 1. The number of phenols is 1. The molecule has 0 unspecified atom stereocenters. The van der Waals surface area contributed by atoms with E-state index in [4.69, 9.17) is 4.74 Å². The third-order valence-electron chi connectivity index (χ3n) is 6.77. The van der Waals surface area contributed by atoms with E-state index in [-0.39, 0.29) is 18.6 Å². The lowest BCUT2D eigenvalue weighted by Gasteiger charge is -2.38. The average molecular weight is 554 g/mol. The fraction of sp³-hybridized carbons (Fsp3) is 0.467.